The number of aromatic nitrogens is 6. The fraction of sp³-hybridized carbons (Fsp3) is 0.135. The number of hydrogen-bond acceptors (Lipinski definition) is 6. The van der Waals surface area contributed by atoms with Crippen LogP contribution in [0.5, 0.6) is 0 Å². The van der Waals surface area contributed by atoms with Crippen molar-refractivity contribution in [2.24, 2.45) is 0 Å². The molecule has 0 bridgehead atoms. The van der Waals surface area contributed by atoms with E-state index in [-0.39, 0.29) is 20.1 Å². The molecule has 0 aliphatic heterocycles. The Morgan fingerprint density at radius 2 is 1.39 bits per heavy atom. The van der Waals surface area contributed by atoms with E-state index in [0.29, 0.717) is 17.1 Å². The largest absolute Gasteiger partial charge is 0.499 e. The van der Waals surface area contributed by atoms with Gasteiger partial charge in [-0.15, -0.1) is 11.6 Å². The summed E-state index contributed by atoms with van der Waals surface area (Å²) < 4.78 is 10.1. The van der Waals surface area contributed by atoms with Crippen molar-refractivity contribution in [3.8, 4) is 50.6 Å². The third-order valence-corrected chi connectivity index (χ3v) is 15.1. The quantitative estimate of drug-likeness (QED) is 0.122. The van der Waals surface area contributed by atoms with Gasteiger partial charge in [0.2, 0.25) is 5.71 Å². The van der Waals surface area contributed by atoms with Crippen LogP contribution in [0.2, 0.25) is 17.3 Å². The Kier molecular flexibility index (Phi) is 11.7. The van der Waals surface area contributed by atoms with Gasteiger partial charge in [-0.1, -0.05) is 78.9 Å². The molecule has 0 N–H and O–H groups in total. The van der Waals surface area contributed by atoms with Gasteiger partial charge in [-0.05, 0) is 55.8 Å². The number of pyridine rings is 4. The number of aryl methyl sites for hydroxylation is 4. The molecule has 0 saturated carbocycles. The van der Waals surface area contributed by atoms with E-state index in [4.69, 9.17) is 24.4 Å². The summed E-state index contributed by atoms with van der Waals surface area (Å²) in [5.74, 6) is 7.85. The molecule has 0 spiro atoms. The topological polar surface area (TPSA) is 82.5 Å². The van der Waals surface area contributed by atoms with Gasteiger partial charge in [0.05, 0.1) is 38.9 Å². The number of imidazole rings is 1. The minimum atomic E-state index is -1.73. The molecule has 0 atom stereocenters. The Morgan fingerprint density at radius 3 is 2.02 bits per heavy atom. The number of nitrogens with zero attached hydrogens (tertiary/aromatic N) is 6. The van der Waals surface area contributed by atoms with Gasteiger partial charge >= 0.3 is 106 Å². The molecule has 0 amide bonds. The zero-order valence-electron chi connectivity index (χ0n) is 35.2. The molecule has 9 heteroatoms. The van der Waals surface area contributed by atoms with Crippen molar-refractivity contribution in [1.82, 2.24) is 29.5 Å². The fourth-order valence-electron chi connectivity index (χ4n) is 7.82. The Morgan fingerprint density at radius 1 is 0.689 bits per heavy atom. The zero-order valence-corrected chi connectivity index (χ0v) is 39.7. The SMILES string of the molecule is Cc1c[c-]c(-c2cc[c]([Ge]([CH3])([CH3])[CH3])cn2)cc1.Cc1cc(C)c2c(n1)oc1c(-c3nc4ccnc(C)c4n3-c3c(-c4ccccc4)cccc3-c3ccccc3)[c-]cnc12.[Ir]. The number of rotatable bonds is 6. The van der Waals surface area contributed by atoms with E-state index in [0.717, 1.165) is 83.6 Å². The third-order valence-electron chi connectivity index (χ3n) is 10.9. The van der Waals surface area contributed by atoms with Gasteiger partial charge in [-0.2, -0.15) is 0 Å². The van der Waals surface area contributed by atoms with E-state index in [9.17, 15) is 0 Å². The van der Waals surface area contributed by atoms with Gasteiger partial charge in [-0.25, -0.2) is 4.98 Å². The first kappa shape index (κ1) is 41.7. The molecule has 10 aromatic rings. The maximum absolute atomic E-state index is 6.47. The summed E-state index contributed by atoms with van der Waals surface area (Å²) in [5, 5.41) is 0.908. The molecule has 0 aliphatic rings. The molecular formula is C52H44GeIrN6O-2. The van der Waals surface area contributed by atoms with Crippen LogP contribution in [0.4, 0.5) is 0 Å². The van der Waals surface area contributed by atoms with Gasteiger partial charge in [0, 0.05) is 48.9 Å². The summed E-state index contributed by atoms with van der Waals surface area (Å²) in [5.41, 5.74) is 15.9. The summed E-state index contributed by atoms with van der Waals surface area (Å²) >= 11 is -1.73. The van der Waals surface area contributed by atoms with E-state index >= 15 is 0 Å². The predicted octanol–water partition coefficient (Wildman–Crippen LogP) is 12.2. The Bertz CT molecular complexity index is 3100. The molecule has 1 radical (unpaired) electrons. The van der Waals surface area contributed by atoms with Crippen LogP contribution in [0.15, 0.2) is 144 Å². The van der Waals surface area contributed by atoms with Crippen LogP contribution in [-0.2, 0) is 20.1 Å². The predicted molar refractivity (Wildman–Crippen MR) is 247 cm³/mol. The number of hydrogen-bond donors (Lipinski definition) is 0. The third kappa shape index (κ3) is 8.11. The van der Waals surface area contributed by atoms with Gasteiger partial charge in [0.15, 0.2) is 0 Å². The molecule has 0 aliphatic carbocycles. The Balaban J connectivity index is 0.000000241. The van der Waals surface area contributed by atoms with Crippen molar-refractivity contribution in [2.75, 3.05) is 0 Å². The molecule has 0 saturated heterocycles. The first-order valence-corrected chi connectivity index (χ1v) is 27.5. The normalized spacial score (nSPS) is 11.4. The van der Waals surface area contributed by atoms with Gasteiger partial charge in [0.1, 0.15) is 0 Å². The molecule has 0 unspecified atom stereocenters. The first-order chi connectivity index (χ1) is 29.0. The van der Waals surface area contributed by atoms with Crippen molar-refractivity contribution in [3.05, 3.63) is 175 Å². The molecule has 303 valence electrons. The molecule has 6 heterocycles. The van der Waals surface area contributed by atoms with Crippen LogP contribution in [-0.4, -0.2) is 42.8 Å². The van der Waals surface area contributed by atoms with Crippen LogP contribution < -0.4 is 4.40 Å². The van der Waals surface area contributed by atoms with Crippen molar-refractivity contribution in [2.45, 2.75) is 45.0 Å². The van der Waals surface area contributed by atoms with E-state index in [1.807, 2.05) is 50.5 Å². The van der Waals surface area contributed by atoms with Crippen molar-refractivity contribution < 1.29 is 24.5 Å². The van der Waals surface area contributed by atoms with Gasteiger partial charge < -0.3 is 8.98 Å². The average Bonchev–Trinajstić information content (AvgIpc) is 3.84. The molecule has 6 aromatic heterocycles. The summed E-state index contributed by atoms with van der Waals surface area (Å²) in [4.78, 5) is 23.9. The number of benzene rings is 4. The van der Waals surface area contributed by atoms with E-state index < -0.39 is 13.3 Å². The first-order valence-electron chi connectivity index (χ1n) is 20.2. The molecule has 10 rings (SSSR count). The van der Waals surface area contributed by atoms with Crippen LogP contribution in [0, 0.1) is 39.8 Å². The second-order valence-electron chi connectivity index (χ2n) is 16.2. The summed E-state index contributed by atoms with van der Waals surface area (Å²) in [7, 11) is 0. The van der Waals surface area contributed by atoms with Crippen LogP contribution in [0.1, 0.15) is 22.5 Å². The summed E-state index contributed by atoms with van der Waals surface area (Å²) in [6.07, 6.45) is 5.56. The van der Waals surface area contributed by atoms with Crippen molar-refractivity contribution in [1.29, 1.82) is 0 Å². The fourth-order valence-corrected chi connectivity index (χ4v) is 9.99. The number of para-hydroxylation sites is 1. The maximum Gasteiger partial charge on any atom is 0.215 e. The van der Waals surface area contributed by atoms with Crippen LogP contribution in [0.3, 0.4) is 0 Å². The minimum absolute atomic E-state index is 0. The van der Waals surface area contributed by atoms with Gasteiger partial charge in [-0.3, -0.25) is 15.0 Å². The Labute approximate surface area is 372 Å². The second-order valence-corrected chi connectivity index (χ2v) is 26.9. The van der Waals surface area contributed by atoms with Crippen molar-refractivity contribution >= 4 is 50.9 Å². The monoisotopic (exact) mass is 1040 g/mol. The minimum Gasteiger partial charge on any atom is -0.499 e. The number of furan rings is 1. The number of fused-ring (bicyclic) bond motifs is 4. The smallest absolute Gasteiger partial charge is 0.215 e. The molecule has 61 heavy (non-hydrogen) atoms. The average molecular weight is 1030 g/mol. The van der Waals surface area contributed by atoms with E-state index in [1.54, 1.807) is 6.20 Å². The Hall–Kier alpha value is -6.06. The molecule has 0 fully saturated rings. The van der Waals surface area contributed by atoms with E-state index in [2.05, 4.69) is 150 Å². The van der Waals surface area contributed by atoms with Crippen molar-refractivity contribution in [3.63, 3.8) is 0 Å². The standard InChI is InChI=1S/C37H26N5O.C15H18GeN.Ir/c1-22-21-23(2)40-37-31(22)32-35(43-37)29(17-19-39-32)36-41-30-18-20-38-24(3)33(30)42(36)34-27(25-11-6-4-7-12-25)15-10-16-28(34)26-13-8-5-9-14-26;1-12-5-7-13(8-6-12)15-10-9-14(11-17-15)16(2,3)4;/h4-16,18-21H,1-3H3;5-7,9-11H,1-4H3;/q2*-1;. The molecule has 7 nitrogen and oxygen atoms in total. The van der Waals surface area contributed by atoms with E-state index in [1.165, 1.54) is 9.96 Å². The molecule has 4 aromatic carbocycles. The second kappa shape index (κ2) is 17.1. The van der Waals surface area contributed by atoms with Crippen LogP contribution in [0.25, 0.3) is 83.8 Å². The van der Waals surface area contributed by atoms with Gasteiger partial charge in [0.25, 0.3) is 0 Å². The molecular weight excluding hydrogens is 989 g/mol. The van der Waals surface area contributed by atoms with Crippen LogP contribution >= 0.6 is 0 Å². The zero-order chi connectivity index (χ0) is 41.5. The maximum atomic E-state index is 6.47. The summed E-state index contributed by atoms with van der Waals surface area (Å²) in [6.45, 7) is 8.14. The summed E-state index contributed by atoms with van der Waals surface area (Å²) in [6, 6.07) is 48.6.